The molecule has 0 aromatic heterocycles. The molecule has 160 valence electrons. The second-order valence-corrected chi connectivity index (χ2v) is 8.22. The summed E-state index contributed by atoms with van der Waals surface area (Å²) in [5.41, 5.74) is 0.653. The number of hydrogen-bond donors (Lipinski definition) is 3. The molecule has 8 heteroatoms. The summed E-state index contributed by atoms with van der Waals surface area (Å²) in [6.07, 6.45) is 7.24. The Bertz CT molecular complexity index is 729. The van der Waals surface area contributed by atoms with Crippen LogP contribution in [-0.4, -0.2) is 43.7 Å². The third kappa shape index (κ3) is 6.00. The van der Waals surface area contributed by atoms with Gasteiger partial charge in [-0.05, 0) is 56.6 Å². The summed E-state index contributed by atoms with van der Waals surface area (Å²) in [6.45, 7) is -0.0674. The number of carbonyl (C=O) groups is 2. The first-order chi connectivity index (χ1) is 13.6. The summed E-state index contributed by atoms with van der Waals surface area (Å²) in [6, 6.07) is 6.72. The molecule has 1 aromatic rings. The third-order valence-corrected chi connectivity index (χ3v) is 5.79. The molecule has 2 aliphatic heterocycles. The van der Waals surface area contributed by atoms with Crippen LogP contribution in [0.5, 0.6) is 11.5 Å². The van der Waals surface area contributed by atoms with Crippen LogP contribution in [0.25, 0.3) is 0 Å². The van der Waals surface area contributed by atoms with Gasteiger partial charge in [-0.1, -0.05) is 0 Å². The average molecular weight is 424 g/mol. The number of carbonyl (C=O) groups excluding carboxylic acids is 2. The zero-order valence-corrected chi connectivity index (χ0v) is 17.6. The van der Waals surface area contributed by atoms with Crippen molar-refractivity contribution in [3.63, 3.8) is 0 Å². The van der Waals surface area contributed by atoms with Crippen molar-refractivity contribution in [3.05, 3.63) is 18.2 Å². The molecule has 4 rings (SSSR count). The minimum Gasteiger partial charge on any atom is -0.493 e. The van der Waals surface area contributed by atoms with E-state index in [0.29, 0.717) is 47.7 Å². The van der Waals surface area contributed by atoms with Crippen LogP contribution in [0.2, 0.25) is 0 Å². The number of fused-ring (bicyclic) bond motifs is 2. The molecule has 1 aromatic carbocycles. The lowest BCUT2D eigenvalue weighted by Crippen LogP contribution is -2.39. The fourth-order valence-electron chi connectivity index (χ4n) is 4.32. The van der Waals surface area contributed by atoms with E-state index in [2.05, 4.69) is 16.0 Å². The number of hydrogen-bond acceptors (Lipinski definition) is 5. The predicted molar refractivity (Wildman–Crippen MR) is 113 cm³/mol. The van der Waals surface area contributed by atoms with Gasteiger partial charge in [-0.3, -0.25) is 9.59 Å². The number of halogens is 1. The van der Waals surface area contributed by atoms with E-state index in [4.69, 9.17) is 9.47 Å². The molecule has 3 N–H and O–H groups in total. The molecule has 2 unspecified atom stereocenters. The number of amides is 2. The van der Waals surface area contributed by atoms with Crippen LogP contribution in [0.4, 0.5) is 5.69 Å². The van der Waals surface area contributed by atoms with Crippen LogP contribution in [0, 0.1) is 5.92 Å². The molecule has 2 bridgehead atoms. The molecule has 0 radical (unpaired) electrons. The van der Waals surface area contributed by atoms with Crippen LogP contribution in [0.15, 0.2) is 18.2 Å². The molecular weight excluding hydrogens is 394 g/mol. The maximum absolute atomic E-state index is 12.5. The molecule has 0 spiro atoms. The zero-order chi connectivity index (χ0) is 19.5. The average Bonchev–Trinajstić information content (AvgIpc) is 3.42. The van der Waals surface area contributed by atoms with Gasteiger partial charge in [-0.25, -0.2) is 0 Å². The normalized spacial score (nSPS) is 24.9. The van der Waals surface area contributed by atoms with E-state index in [1.165, 1.54) is 12.8 Å². The Morgan fingerprint density at radius 1 is 1.07 bits per heavy atom. The van der Waals surface area contributed by atoms with Crippen LogP contribution >= 0.6 is 12.4 Å². The lowest BCUT2D eigenvalue weighted by molar-refractivity contribution is -0.123. The van der Waals surface area contributed by atoms with Crippen molar-refractivity contribution in [2.24, 2.45) is 5.92 Å². The Hall–Kier alpha value is -1.99. The zero-order valence-electron chi connectivity index (χ0n) is 16.7. The smallest absolute Gasteiger partial charge is 0.258 e. The maximum Gasteiger partial charge on any atom is 0.258 e. The molecule has 1 saturated carbocycles. The second-order valence-electron chi connectivity index (χ2n) is 8.22. The summed E-state index contributed by atoms with van der Waals surface area (Å²) in [5, 5.41) is 9.46. The highest BCUT2D eigenvalue weighted by atomic mass is 35.5. The Kier molecular flexibility index (Phi) is 7.24. The number of piperidine rings is 1. The van der Waals surface area contributed by atoms with Gasteiger partial charge < -0.3 is 25.4 Å². The van der Waals surface area contributed by atoms with Gasteiger partial charge in [0.05, 0.1) is 7.11 Å². The molecule has 2 heterocycles. The van der Waals surface area contributed by atoms with Crippen molar-refractivity contribution in [2.45, 2.75) is 63.1 Å². The fourth-order valence-corrected chi connectivity index (χ4v) is 4.32. The topological polar surface area (TPSA) is 88.7 Å². The van der Waals surface area contributed by atoms with Gasteiger partial charge in [0.25, 0.3) is 5.91 Å². The molecular formula is C21H30ClN3O4. The lowest BCUT2D eigenvalue weighted by Gasteiger charge is -2.28. The number of ether oxygens (including phenoxy) is 2. The molecule has 2 atom stereocenters. The summed E-state index contributed by atoms with van der Waals surface area (Å²) < 4.78 is 10.9. The van der Waals surface area contributed by atoms with Crippen LogP contribution in [-0.2, 0) is 9.59 Å². The van der Waals surface area contributed by atoms with Crippen molar-refractivity contribution in [2.75, 3.05) is 19.0 Å². The fraction of sp³-hybridized carbons (Fsp3) is 0.619. The van der Waals surface area contributed by atoms with Gasteiger partial charge in [-0.2, -0.15) is 0 Å². The van der Waals surface area contributed by atoms with Crippen LogP contribution < -0.4 is 25.4 Å². The van der Waals surface area contributed by atoms with E-state index in [1.807, 2.05) is 0 Å². The summed E-state index contributed by atoms with van der Waals surface area (Å²) >= 11 is 0. The summed E-state index contributed by atoms with van der Waals surface area (Å²) in [5.74, 6) is 1.31. The Morgan fingerprint density at radius 2 is 1.79 bits per heavy atom. The van der Waals surface area contributed by atoms with Crippen LogP contribution in [0.3, 0.4) is 0 Å². The number of benzene rings is 1. The SMILES string of the molecule is COc1ccc(NC(=O)CC2CC3CCC(C2)N3)cc1OCC(=O)NC1CC1.Cl. The van der Waals surface area contributed by atoms with Gasteiger partial charge >= 0.3 is 0 Å². The number of nitrogens with one attached hydrogen (secondary N) is 3. The van der Waals surface area contributed by atoms with Crippen molar-refractivity contribution in [3.8, 4) is 11.5 Å². The van der Waals surface area contributed by atoms with Crippen LogP contribution in [0.1, 0.15) is 44.9 Å². The lowest BCUT2D eigenvalue weighted by atomic mass is 9.89. The van der Waals surface area contributed by atoms with Gasteiger partial charge in [0, 0.05) is 36.3 Å². The van der Waals surface area contributed by atoms with Gasteiger partial charge in [0.15, 0.2) is 18.1 Å². The third-order valence-electron chi connectivity index (χ3n) is 5.79. The molecule has 3 aliphatic rings. The molecule has 3 fully saturated rings. The largest absolute Gasteiger partial charge is 0.493 e. The molecule has 29 heavy (non-hydrogen) atoms. The van der Waals surface area contributed by atoms with Crippen molar-refractivity contribution in [1.82, 2.24) is 10.6 Å². The Morgan fingerprint density at radius 3 is 2.45 bits per heavy atom. The van der Waals surface area contributed by atoms with Crippen molar-refractivity contribution < 1.29 is 19.1 Å². The van der Waals surface area contributed by atoms with Crippen molar-refractivity contribution in [1.29, 1.82) is 0 Å². The molecule has 1 aliphatic carbocycles. The first-order valence-corrected chi connectivity index (χ1v) is 10.2. The van der Waals surface area contributed by atoms with E-state index in [0.717, 1.165) is 25.7 Å². The quantitative estimate of drug-likeness (QED) is 0.598. The Balaban J connectivity index is 0.00000240. The Labute approximate surface area is 177 Å². The standard InChI is InChI=1S/C21H29N3O4.ClH/c1-27-18-7-6-17(11-19(18)28-12-21(26)23-14-2-3-14)24-20(25)10-13-8-15-4-5-16(9-13)22-15;/h6-7,11,13-16,22H,2-5,8-10,12H2,1H3,(H,23,26)(H,24,25);1H. The predicted octanol–water partition coefficient (Wildman–Crippen LogP) is 2.63. The van der Waals surface area contributed by atoms with E-state index in [-0.39, 0.29) is 30.8 Å². The minimum atomic E-state index is -0.139. The summed E-state index contributed by atoms with van der Waals surface area (Å²) in [7, 11) is 1.55. The monoisotopic (exact) mass is 423 g/mol. The second kappa shape index (κ2) is 9.67. The summed E-state index contributed by atoms with van der Waals surface area (Å²) in [4.78, 5) is 24.4. The highest BCUT2D eigenvalue weighted by molar-refractivity contribution is 5.91. The number of anilines is 1. The molecule has 7 nitrogen and oxygen atoms in total. The molecule has 2 amide bonds. The maximum atomic E-state index is 12.5. The van der Waals surface area contributed by atoms with E-state index < -0.39 is 0 Å². The van der Waals surface area contributed by atoms with Gasteiger partial charge in [0.2, 0.25) is 5.91 Å². The highest BCUT2D eigenvalue weighted by Crippen LogP contribution is 2.34. The highest BCUT2D eigenvalue weighted by Gasteiger charge is 2.34. The van der Waals surface area contributed by atoms with Gasteiger partial charge in [-0.15, -0.1) is 12.4 Å². The van der Waals surface area contributed by atoms with Gasteiger partial charge in [0.1, 0.15) is 0 Å². The van der Waals surface area contributed by atoms with E-state index >= 15 is 0 Å². The van der Waals surface area contributed by atoms with E-state index in [9.17, 15) is 9.59 Å². The first-order valence-electron chi connectivity index (χ1n) is 10.2. The first kappa shape index (κ1) is 21.7. The molecule has 2 saturated heterocycles. The van der Waals surface area contributed by atoms with Crippen molar-refractivity contribution >= 4 is 29.9 Å². The number of rotatable bonds is 8. The number of methoxy groups -OCH3 is 1. The van der Waals surface area contributed by atoms with E-state index in [1.54, 1.807) is 25.3 Å². The minimum absolute atomic E-state index is 0.